The van der Waals surface area contributed by atoms with Crippen molar-refractivity contribution in [3.63, 3.8) is 0 Å². The number of nitrogens with zero attached hydrogens (tertiary/aromatic N) is 3. The van der Waals surface area contributed by atoms with Gasteiger partial charge in [0.15, 0.2) is 0 Å². The highest BCUT2D eigenvalue weighted by atomic mass is 32.2. The molecule has 2 heterocycles. The van der Waals surface area contributed by atoms with Crippen molar-refractivity contribution in [2.45, 2.75) is 52.1 Å². The molecular weight excluding hydrogens is 526 g/mol. The third-order valence-corrected chi connectivity index (χ3v) is 9.36. The highest BCUT2D eigenvalue weighted by Gasteiger charge is 2.31. The predicted molar refractivity (Wildman–Crippen MR) is 155 cm³/mol. The lowest BCUT2D eigenvalue weighted by Gasteiger charge is -2.30. The Bertz CT molecular complexity index is 1360. The van der Waals surface area contributed by atoms with Crippen molar-refractivity contribution in [1.82, 2.24) is 14.1 Å². The van der Waals surface area contributed by atoms with E-state index in [0.29, 0.717) is 43.1 Å². The van der Waals surface area contributed by atoms with Crippen LogP contribution in [0.4, 0.5) is 0 Å². The third-order valence-electron chi connectivity index (χ3n) is 7.21. The van der Waals surface area contributed by atoms with Crippen LogP contribution in [0.3, 0.4) is 0 Å². The van der Waals surface area contributed by atoms with Crippen LogP contribution in [-0.2, 0) is 32.6 Å². The molecule has 0 radical (unpaired) electrons. The average molecular weight is 568 g/mol. The number of benzene rings is 2. The number of hydrogen-bond acceptors (Lipinski definition) is 6. The first-order chi connectivity index (χ1) is 19.1. The van der Waals surface area contributed by atoms with Gasteiger partial charge in [0, 0.05) is 26.2 Å². The van der Waals surface area contributed by atoms with Crippen LogP contribution in [0.1, 0.15) is 40.2 Å². The van der Waals surface area contributed by atoms with Crippen LogP contribution in [0.15, 0.2) is 63.9 Å². The summed E-state index contributed by atoms with van der Waals surface area (Å²) in [5.74, 6) is 1.16. The Kier molecular flexibility index (Phi) is 10.2. The van der Waals surface area contributed by atoms with Crippen molar-refractivity contribution >= 4 is 15.9 Å². The molecule has 1 amide bonds. The molecule has 0 saturated carbocycles. The number of rotatable bonds is 12. The summed E-state index contributed by atoms with van der Waals surface area (Å²) in [6, 6.07) is 17.2. The molecule has 0 atom stereocenters. The van der Waals surface area contributed by atoms with E-state index in [-0.39, 0.29) is 30.4 Å². The lowest BCUT2D eigenvalue weighted by atomic mass is 10.1. The molecule has 1 aliphatic rings. The van der Waals surface area contributed by atoms with Gasteiger partial charge < -0.3 is 14.1 Å². The van der Waals surface area contributed by atoms with Gasteiger partial charge in [-0.25, -0.2) is 8.42 Å². The molecule has 0 bridgehead atoms. The maximum absolute atomic E-state index is 14.1. The van der Waals surface area contributed by atoms with E-state index in [4.69, 9.17) is 9.15 Å². The quantitative estimate of drug-likeness (QED) is 0.322. The van der Waals surface area contributed by atoms with E-state index >= 15 is 0 Å². The average Bonchev–Trinajstić information content (AvgIpc) is 3.32. The fraction of sp³-hybridized carbons (Fsp3) is 0.452. The molecule has 4 rings (SSSR count). The van der Waals surface area contributed by atoms with Crippen molar-refractivity contribution in [3.05, 3.63) is 88.4 Å². The summed E-state index contributed by atoms with van der Waals surface area (Å²) in [6.07, 6.45) is 0.618. The van der Waals surface area contributed by atoms with Gasteiger partial charge in [-0.15, -0.1) is 0 Å². The number of ether oxygens (including phenoxy) is 1. The van der Waals surface area contributed by atoms with Crippen molar-refractivity contribution in [1.29, 1.82) is 0 Å². The molecule has 1 aliphatic heterocycles. The number of morpholine rings is 1. The zero-order valence-electron chi connectivity index (χ0n) is 24.1. The smallest absolute Gasteiger partial charge is 0.244 e. The van der Waals surface area contributed by atoms with Crippen molar-refractivity contribution in [2.24, 2.45) is 0 Å². The van der Waals surface area contributed by atoms with E-state index in [2.05, 4.69) is 4.90 Å². The number of aryl methyl sites for hydroxylation is 4. The minimum absolute atomic E-state index is 0.245. The largest absolute Gasteiger partial charge is 0.464 e. The Morgan fingerprint density at radius 3 is 2.23 bits per heavy atom. The van der Waals surface area contributed by atoms with E-state index in [1.165, 1.54) is 4.31 Å². The molecule has 1 saturated heterocycles. The van der Waals surface area contributed by atoms with Gasteiger partial charge in [0.1, 0.15) is 11.5 Å². The minimum atomic E-state index is -3.93. The summed E-state index contributed by atoms with van der Waals surface area (Å²) < 4.78 is 40.9. The fourth-order valence-corrected chi connectivity index (χ4v) is 7.17. The Hall–Kier alpha value is -2.98. The van der Waals surface area contributed by atoms with Crippen molar-refractivity contribution in [2.75, 3.05) is 45.9 Å². The van der Waals surface area contributed by atoms with Crippen LogP contribution >= 0.6 is 0 Å². The zero-order valence-corrected chi connectivity index (χ0v) is 24.9. The molecule has 2 aromatic carbocycles. The van der Waals surface area contributed by atoms with Crippen LogP contribution in [-0.4, -0.2) is 74.4 Å². The third kappa shape index (κ3) is 7.81. The van der Waals surface area contributed by atoms with Crippen LogP contribution in [0, 0.1) is 27.7 Å². The monoisotopic (exact) mass is 567 g/mol. The van der Waals surface area contributed by atoms with Gasteiger partial charge in [-0.2, -0.15) is 4.31 Å². The summed E-state index contributed by atoms with van der Waals surface area (Å²) in [5.41, 5.74) is 3.35. The maximum atomic E-state index is 14.1. The van der Waals surface area contributed by atoms with Gasteiger partial charge >= 0.3 is 0 Å². The van der Waals surface area contributed by atoms with E-state index in [0.717, 1.165) is 36.5 Å². The number of carbonyl (C=O) groups is 1. The molecule has 1 fully saturated rings. The van der Waals surface area contributed by atoms with Crippen LogP contribution in [0.2, 0.25) is 0 Å². The van der Waals surface area contributed by atoms with Crippen molar-refractivity contribution in [3.8, 4) is 0 Å². The molecule has 0 spiro atoms. The molecular formula is C31H41N3O5S. The number of amides is 1. The second-order valence-corrected chi connectivity index (χ2v) is 12.5. The topological polar surface area (TPSA) is 83.3 Å². The molecule has 8 nitrogen and oxygen atoms in total. The molecule has 40 heavy (non-hydrogen) atoms. The Morgan fingerprint density at radius 2 is 1.60 bits per heavy atom. The molecule has 0 unspecified atom stereocenters. The SMILES string of the molecule is Cc1cc(C)c(S(=O)(=O)N(CCCN2CCOCC2)CC(=O)N(Cc2ccccc2)Cc2ccc(C)o2)c(C)c1. The van der Waals surface area contributed by atoms with E-state index in [9.17, 15) is 13.2 Å². The first-order valence-corrected chi connectivity index (χ1v) is 15.3. The van der Waals surface area contributed by atoms with E-state index in [1.54, 1.807) is 4.90 Å². The number of sulfonamides is 1. The highest BCUT2D eigenvalue weighted by Crippen LogP contribution is 2.26. The summed E-state index contributed by atoms with van der Waals surface area (Å²) >= 11 is 0. The second-order valence-electron chi connectivity index (χ2n) is 10.6. The van der Waals surface area contributed by atoms with Crippen LogP contribution in [0.25, 0.3) is 0 Å². The van der Waals surface area contributed by atoms with E-state index in [1.807, 2.05) is 82.3 Å². The summed E-state index contributed by atoms with van der Waals surface area (Å²) in [4.78, 5) is 18.1. The lowest BCUT2D eigenvalue weighted by molar-refractivity contribution is -0.133. The van der Waals surface area contributed by atoms with Gasteiger partial charge in [-0.1, -0.05) is 48.0 Å². The highest BCUT2D eigenvalue weighted by molar-refractivity contribution is 7.89. The number of carbonyl (C=O) groups excluding carboxylic acids is 1. The lowest BCUT2D eigenvalue weighted by Crippen LogP contribution is -2.44. The van der Waals surface area contributed by atoms with Gasteiger partial charge in [-0.05, 0) is 69.5 Å². The Balaban J connectivity index is 1.60. The molecule has 0 aliphatic carbocycles. The standard InChI is InChI=1S/C31H41N3O5S/c1-24-19-25(2)31(26(3)20-24)40(36,37)34(14-8-13-32-15-17-38-18-16-32)23-30(35)33(21-28-9-6-5-7-10-28)22-29-12-11-27(4)39-29/h5-7,9-12,19-20H,8,13-18,21-23H2,1-4H3. The Labute approximate surface area is 238 Å². The molecule has 216 valence electrons. The summed E-state index contributed by atoms with van der Waals surface area (Å²) in [5, 5.41) is 0. The zero-order chi connectivity index (χ0) is 28.7. The van der Waals surface area contributed by atoms with Gasteiger partial charge in [-0.3, -0.25) is 9.69 Å². The Morgan fingerprint density at radius 1 is 0.925 bits per heavy atom. The summed E-state index contributed by atoms with van der Waals surface area (Å²) in [7, 11) is -3.93. The van der Waals surface area contributed by atoms with Crippen molar-refractivity contribution < 1.29 is 22.4 Å². The van der Waals surface area contributed by atoms with Gasteiger partial charge in [0.05, 0.1) is 31.2 Å². The molecule has 3 aromatic rings. The number of hydrogen-bond donors (Lipinski definition) is 0. The minimum Gasteiger partial charge on any atom is -0.464 e. The first kappa shape index (κ1) is 30.0. The normalized spacial score (nSPS) is 14.5. The van der Waals surface area contributed by atoms with Gasteiger partial charge in [0.2, 0.25) is 15.9 Å². The van der Waals surface area contributed by atoms with Gasteiger partial charge in [0.25, 0.3) is 0 Å². The fourth-order valence-electron chi connectivity index (χ4n) is 5.33. The van der Waals surface area contributed by atoms with Crippen LogP contribution < -0.4 is 0 Å². The van der Waals surface area contributed by atoms with E-state index < -0.39 is 10.0 Å². The molecule has 1 aromatic heterocycles. The predicted octanol–water partition coefficient (Wildman–Crippen LogP) is 4.46. The molecule has 9 heteroatoms. The molecule has 0 N–H and O–H groups in total. The maximum Gasteiger partial charge on any atom is 0.244 e. The second kappa shape index (κ2) is 13.6. The summed E-state index contributed by atoms with van der Waals surface area (Å²) in [6.45, 7) is 11.8. The first-order valence-electron chi connectivity index (χ1n) is 13.9. The van der Waals surface area contributed by atoms with Crippen LogP contribution in [0.5, 0.6) is 0 Å². The number of furan rings is 1.